The molecule has 2 saturated heterocycles. The lowest BCUT2D eigenvalue weighted by molar-refractivity contribution is 0.0187. The van der Waals surface area contributed by atoms with Gasteiger partial charge in [0.05, 0.1) is 6.04 Å². The first-order chi connectivity index (χ1) is 13.1. The van der Waals surface area contributed by atoms with E-state index in [9.17, 15) is 4.79 Å². The highest BCUT2D eigenvalue weighted by Crippen LogP contribution is 2.23. The molecule has 1 amide bonds. The van der Waals surface area contributed by atoms with Crippen LogP contribution in [0.2, 0.25) is 0 Å². The lowest BCUT2D eigenvalue weighted by Crippen LogP contribution is -2.47. The molecule has 0 spiro atoms. The Morgan fingerprint density at radius 2 is 2.00 bits per heavy atom. The minimum atomic E-state index is -0.492. The van der Waals surface area contributed by atoms with Gasteiger partial charge in [-0.1, -0.05) is 26.0 Å². The third kappa shape index (κ3) is 5.64. The lowest BCUT2D eigenvalue weighted by Gasteiger charge is -2.33. The van der Waals surface area contributed by atoms with E-state index >= 15 is 0 Å². The molecule has 0 saturated carbocycles. The second kappa shape index (κ2) is 8.33. The van der Waals surface area contributed by atoms with Crippen LogP contribution in [-0.4, -0.2) is 56.1 Å². The van der Waals surface area contributed by atoms with Gasteiger partial charge in [0.2, 0.25) is 0 Å². The van der Waals surface area contributed by atoms with Crippen molar-refractivity contribution in [2.24, 2.45) is 5.41 Å². The number of benzene rings is 1. The fourth-order valence-electron chi connectivity index (χ4n) is 3.40. The van der Waals surface area contributed by atoms with E-state index in [1.165, 1.54) is 0 Å². The monoisotopic (exact) mass is 389 g/mol. The summed E-state index contributed by atoms with van der Waals surface area (Å²) >= 11 is 0. The molecular weight excluding hydrogens is 357 g/mol. The predicted octanol–water partition coefficient (Wildman–Crippen LogP) is 3.23. The molecule has 1 unspecified atom stereocenters. The SMILES string of the molecule is CC1(C)COB(c2cccc(OCC3CCCN3C(=O)OC(C)(C)C)c2)OC1. The summed E-state index contributed by atoms with van der Waals surface area (Å²) in [6, 6.07) is 7.83. The Morgan fingerprint density at radius 3 is 2.68 bits per heavy atom. The van der Waals surface area contributed by atoms with Crippen molar-refractivity contribution in [2.45, 2.75) is 59.1 Å². The fourth-order valence-corrected chi connectivity index (χ4v) is 3.40. The second-order valence-electron chi connectivity index (χ2n) is 9.47. The van der Waals surface area contributed by atoms with E-state index in [1.54, 1.807) is 4.90 Å². The molecule has 6 nitrogen and oxygen atoms in total. The maximum absolute atomic E-state index is 12.4. The summed E-state index contributed by atoms with van der Waals surface area (Å²) in [4.78, 5) is 14.2. The number of carbonyl (C=O) groups is 1. The van der Waals surface area contributed by atoms with Crippen LogP contribution >= 0.6 is 0 Å². The topological polar surface area (TPSA) is 57.2 Å². The van der Waals surface area contributed by atoms with Crippen molar-refractivity contribution < 1.29 is 23.6 Å². The van der Waals surface area contributed by atoms with Gasteiger partial charge in [0, 0.05) is 25.2 Å². The van der Waals surface area contributed by atoms with Crippen LogP contribution in [-0.2, 0) is 14.0 Å². The first-order valence-corrected chi connectivity index (χ1v) is 10.1. The van der Waals surface area contributed by atoms with Gasteiger partial charge >= 0.3 is 13.2 Å². The normalized spacial score (nSPS) is 22.2. The molecular formula is C21H32BNO5. The molecule has 0 bridgehead atoms. The van der Waals surface area contributed by atoms with Gasteiger partial charge in [0.25, 0.3) is 0 Å². The van der Waals surface area contributed by atoms with Crippen LogP contribution in [0.1, 0.15) is 47.5 Å². The van der Waals surface area contributed by atoms with Gasteiger partial charge in [-0.2, -0.15) is 0 Å². The number of nitrogens with zero attached hydrogens (tertiary/aromatic N) is 1. The van der Waals surface area contributed by atoms with Crippen molar-refractivity contribution in [2.75, 3.05) is 26.4 Å². The molecule has 2 aliphatic heterocycles. The molecule has 28 heavy (non-hydrogen) atoms. The van der Waals surface area contributed by atoms with Crippen molar-refractivity contribution in [3.8, 4) is 5.75 Å². The van der Waals surface area contributed by atoms with Crippen LogP contribution in [0.5, 0.6) is 5.75 Å². The van der Waals surface area contributed by atoms with Gasteiger partial charge < -0.3 is 23.7 Å². The Kier molecular flexibility index (Phi) is 6.25. The Morgan fingerprint density at radius 1 is 1.29 bits per heavy atom. The fraction of sp³-hybridized carbons (Fsp3) is 0.667. The zero-order valence-electron chi connectivity index (χ0n) is 17.7. The quantitative estimate of drug-likeness (QED) is 0.740. The Hall–Kier alpha value is -1.73. The van der Waals surface area contributed by atoms with Crippen LogP contribution in [0.15, 0.2) is 24.3 Å². The maximum Gasteiger partial charge on any atom is 0.494 e. The average molecular weight is 389 g/mol. The Balaban J connectivity index is 1.56. The molecule has 0 aliphatic carbocycles. The van der Waals surface area contributed by atoms with Crippen molar-refractivity contribution >= 4 is 18.7 Å². The summed E-state index contributed by atoms with van der Waals surface area (Å²) in [5.41, 5.74) is 0.495. The van der Waals surface area contributed by atoms with Crippen molar-refractivity contribution in [3.05, 3.63) is 24.3 Å². The van der Waals surface area contributed by atoms with Crippen LogP contribution in [0, 0.1) is 5.41 Å². The smallest absolute Gasteiger partial charge is 0.491 e. The largest absolute Gasteiger partial charge is 0.494 e. The number of amides is 1. The summed E-state index contributed by atoms with van der Waals surface area (Å²) in [6.45, 7) is 12.4. The van der Waals surface area contributed by atoms with Gasteiger partial charge in [-0.05, 0) is 51.2 Å². The number of rotatable bonds is 4. The van der Waals surface area contributed by atoms with E-state index in [-0.39, 0.29) is 24.7 Å². The highest BCUT2D eigenvalue weighted by Gasteiger charge is 2.34. The van der Waals surface area contributed by atoms with Crippen LogP contribution < -0.4 is 10.2 Å². The second-order valence-corrected chi connectivity index (χ2v) is 9.47. The van der Waals surface area contributed by atoms with Gasteiger partial charge in [0.1, 0.15) is 18.0 Å². The molecule has 0 N–H and O–H groups in total. The Labute approximate surface area is 168 Å². The highest BCUT2D eigenvalue weighted by molar-refractivity contribution is 6.61. The molecule has 7 heteroatoms. The van der Waals surface area contributed by atoms with Gasteiger partial charge in [-0.15, -0.1) is 0 Å². The minimum absolute atomic E-state index is 0.0292. The highest BCUT2D eigenvalue weighted by atomic mass is 16.6. The number of ether oxygens (including phenoxy) is 2. The van der Waals surface area contributed by atoms with Gasteiger partial charge in [0.15, 0.2) is 0 Å². The van der Waals surface area contributed by atoms with Crippen LogP contribution in [0.3, 0.4) is 0 Å². The summed E-state index contributed by atoms with van der Waals surface area (Å²) in [7, 11) is -0.360. The molecule has 2 aliphatic rings. The molecule has 154 valence electrons. The van der Waals surface area contributed by atoms with Gasteiger partial charge in [-0.25, -0.2) is 4.79 Å². The summed E-state index contributed by atoms with van der Waals surface area (Å²) in [5, 5.41) is 0. The summed E-state index contributed by atoms with van der Waals surface area (Å²) in [5.74, 6) is 0.755. The minimum Gasteiger partial charge on any atom is -0.491 e. The lowest BCUT2D eigenvalue weighted by atomic mass is 9.76. The molecule has 1 aromatic rings. The van der Waals surface area contributed by atoms with E-state index < -0.39 is 5.60 Å². The average Bonchev–Trinajstić information content (AvgIpc) is 3.07. The van der Waals surface area contributed by atoms with E-state index in [0.29, 0.717) is 26.4 Å². The van der Waals surface area contributed by atoms with Crippen molar-refractivity contribution in [1.29, 1.82) is 0 Å². The zero-order chi connectivity index (χ0) is 20.4. The van der Waals surface area contributed by atoms with E-state index in [4.69, 9.17) is 18.8 Å². The number of hydrogen-bond donors (Lipinski definition) is 0. The summed E-state index contributed by atoms with van der Waals surface area (Å²) in [6.07, 6.45) is 1.62. The summed E-state index contributed by atoms with van der Waals surface area (Å²) < 4.78 is 23.2. The third-order valence-electron chi connectivity index (χ3n) is 4.83. The molecule has 2 fully saturated rings. The van der Waals surface area contributed by atoms with E-state index in [0.717, 1.165) is 24.1 Å². The number of hydrogen-bond acceptors (Lipinski definition) is 5. The standard InChI is InChI=1S/C21H32BNO5/c1-20(2,3)28-19(24)23-11-7-9-17(23)13-25-18-10-6-8-16(12-18)22-26-14-21(4,5)15-27-22/h6,8,10,12,17H,7,9,11,13-15H2,1-5H3. The maximum atomic E-state index is 12.4. The molecule has 2 heterocycles. The van der Waals surface area contributed by atoms with Crippen molar-refractivity contribution in [1.82, 2.24) is 4.90 Å². The first kappa shape index (κ1) is 21.0. The number of carbonyl (C=O) groups excluding carboxylic acids is 1. The van der Waals surface area contributed by atoms with E-state index in [2.05, 4.69) is 13.8 Å². The van der Waals surface area contributed by atoms with Crippen molar-refractivity contribution in [3.63, 3.8) is 0 Å². The molecule has 3 rings (SSSR count). The predicted molar refractivity (Wildman–Crippen MR) is 109 cm³/mol. The van der Waals surface area contributed by atoms with Crippen LogP contribution in [0.25, 0.3) is 0 Å². The zero-order valence-corrected chi connectivity index (χ0v) is 17.7. The van der Waals surface area contributed by atoms with Gasteiger partial charge in [-0.3, -0.25) is 0 Å². The molecule has 0 radical (unpaired) electrons. The number of likely N-dealkylation sites (tertiary alicyclic amines) is 1. The first-order valence-electron chi connectivity index (χ1n) is 10.1. The van der Waals surface area contributed by atoms with Crippen LogP contribution in [0.4, 0.5) is 4.79 Å². The molecule has 0 aromatic heterocycles. The molecule has 1 atom stereocenters. The Bertz CT molecular complexity index is 678. The third-order valence-corrected chi connectivity index (χ3v) is 4.83. The molecule has 1 aromatic carbocycles. The van der Waals surface area contributed by atoms with E-state index in [1.807, 2.05) is 45.0 Å².